The number of amidine groups is 1. The number of ether oxygens (including phenoxy) is 1. The fourth-order valence-electron chi connectivity index (χ4n) is 4.02. The first-order chi connectivity index (χ1) is 14.6. The van der Waals surface area contributed by atoms with Crippen LogP contribution in [0.15, 0.2) is 60.2 Å². The molecule has 2 unspecified atom stereocenters. The summed E-state index contributed by atoms with van der Waals surface area (Å²) in [5, 5.41) is 15.3. The van der Waals surface area contributed by atoms with Gasteiger partial charge in [0.15, 0.2) is 5.84 Å². The van der Waals surface area contributed by atoms with Crippen molar-refractivity contribution >= 4 is 22.6 Å². The summed E-state index contributed by atoms with van der Waals surface area (Å²) in [6.07, 6.45) is 2.63. The molecule has 7 heteroatoms. The summed E-state index contributed by atoms with van der Waals surface area (Å²) in [6.45, 7) is 6.18. The number of nitrogens with one attached hydrogen (secondary N) is 1. The Morgan fingerprint density at radius 1 is 1.33 bits per heavy atom. The van der Waals surface area contributed by atoms with Crippen molar-refractivity contribution in [2.45, 2.75) is 38.6 Å². The van der Waals surface area contributed by atoms with Gasteiger partial charge in [-0.3, -0.25) is 4.57 Å². The monoisotopic (exact) mass is 405 g/mol. The highest BCUT2D eigenvalue weighted by Crippen LogP contribution is 2.33. The maximum atomic E-state index is 9.47. The second-order valence-corrected chi connectivity index (χ2v) is 7.40. The molecule has 4 N–H and O–H groups in total. The van der Waals surface area contributed by atoms with Crippen LogP contribution in [0.1, 0.15) is 36.0 Å². The Labute approximate surface area is 175 Å². The van der Waals surface area contributed by atoms with E-state index < -0.39 is 0 Å². The van der Waals surface area contributed by atoms with Crippen molar-refractivity contribution in [1.29, 1.82) is 0 Å². The van der Waals surface area contributed by atoms with Crippen LogP contribution < -0.4 is 11.1 Å². The molecule has 0 radical (unpaired) electrons. The third-order valence-corrected chi connectivity index (χ3v) is 5.52. The average molecular weight is 406 g/mol. The van der Waals surface area contributed by atoms with E-state index in [0.29, 0.717) is 24.0 Å². The number of nitrogens with zero attached hydrogens (tertiary/aromatic N) is 3. The lowest BCUT2D eigenvalue weighted by Crippen LogP contribution is -2.18. The van der Waals surface area contributed by atoms with Crippen LogP contribution in [0.5, 0.6) is 0 Å². The molecule has 1 aromatic heterocycles. The zero-order valence-electron chi connectivity index (χ0n) is 17.1. The molecule has 1 fully saturated rings. The maximum Gasteiger partial charge on any atom is 0.206 e. The lowest BCUT2D eigenvalue weighted by Gasteiger charge is -2.19. The van der Waals surface area contributed by atoms with E-state index >= 15 is 0 Å². The van der Waals surface area contributed by atoms with Gasteiger partial charge in [0.2, 0.25) is 5.95 Å². The molecule has 4 rings (SSSR count). The molecule has 0 saturated carbocycles. The molecule has 2 atom stereocenters. The first-order valence-corrected chi connectivity index (χ1v) is 10.1. The SMILES string of the molecule is C=CN=C(N)c1nc(NCc2cccc3ccccc23)n(C2CCC(CO)O2)c1C. The van der Waals surface area contributed by atoms with Crippen molar-refractivity contribution in [2.75, 3.05) is 11.9 Å². The Balaban J connectivity index is 1.68. The van der Waals surface area contributed by atoms with Crippen LogP contribution in [0.2, 0.25) is 0 Å². The molecule has 0 amide bonds. The lowest BCUT2D eigenvalue weighted by molar-refractivity contribution is -0.0222. The smallest absolute Gasteiger partial charge is 0.206 e. The van der Waals surface area contributed by atoms with Crippen molar-refractivity contribution in [3.8, 4) is 0 Å². The second kappa shape index (κ2) is 8.69. The Bertz CT molecular complexity index is 1080. The number of aromatic nitrogens is 2. The van der Waals surface area contributed by atoms with E-state index in [4.69, 9.17) is 15.5 Å². The topological polar surface area (TPSA) is 97.7 Å². The number of aliphatic hydroxyl groups is 1. The number of hydrogen-bond acceptors (Lipinski definition) is 5. The van der Waals surface area contributed by atoms with Crippen molar-refractivity contribution in [1.82, 2.24) is 9.55 Å². The molecule has 30 heavy (non-hydrogen) atoms. The highest BCUT2D eigenvalue weighted by Gasteiger charge is 2.30. The molecule has 2 heterocycles. The molecule has 0 aliphatic carbocycles. The normalized spacial score (nSPS) is 19.3. The number of anilines is 1. The molecular weight excluding hydrogens is 378 g/mol. The summed E-state index contributed by atoms with van der Waals surface area (Å²) in [5.41, 5.74) is 8.76. The van der Waals surface area contributed by atoms with Gasteiger partial charge in [-0.05, 0) is 36.1 Å². The minimum Gasteiger partial charge on any atom is -0.394 e. The highest BCUT2D eigenvalue weighted by molar-refractivity contribution is 5.97. The summed E-state index contributed by atoms with van der Waals surface area (Å²) in [5.74, 6) is 0.979. The second-order valence-electron chi connectivity index (χ2n) is 7.40. The van der Waals surface area contributed by atoms with Crippen molar-refractivity contribution in [3.63, 3.8) is 0 Å². The van der Waals surface area contributed by atoms with Crippen molar-refractivity contribution in [3.05, 3.63) is 72.2 Å². The van der Waals surface area contributed by atoms with Gasteiger partial charge in [-0.15, -0.1) is 0 Å². The number of imidazole rings is 1. The molecule has 3 aromatic rings. The van der Waals surface area contributed by atoms with E-state index in [1.54, 1.807) is 0 Å². The summed E-state index contributed by atoms with van der Waals surface area (Å²) >= 11 is 0. The summed E-state index contributed by atoms with van der Waals surface area (Å²) in [4.78, 5) is 8.83. The van der Waals surface area contributed by atoms with Gasteiger partial charge in [-0.1, -0.05) is 49.0 Å². The van der Waals surface area contributed by atoms with Gasteiger partial charge in [-0.25, -0.2) is 9.98 Å². The largest absolute Gasteiger partial charge is 0.394 e. The minimum atomic E-state index is -0.213. The Hall–Kier alpha value is -3.16. The third-order valence-electron chi connectivity index (χ3n) is 5.52. The van der Waals surface area contributed by atoms with Crippen molar-refractivity contribution in [2.24, 2.45) is 10.7 Å². The fraction of sp³-hybridized carbons (Fsp3) is 0.304. The van der Waals surface area contributed by atoms with Gasteiger partial charge in [0.05, 0.1) is 18.4 Å². The molecule has 0 spiro atoms. The molecule has 1 aliphatic rings. The van der Waals surface area contributed by atoms with Crippen LogP contribution in [0.25, 0.3) is 10.8 Å². The fourth-order valence-corrected chi connectivity index (χ4v) is 4.02. The van der Waals surface area contributed by atoms with Crippen LogP contribution in [0, 0.1) is 6.92 Å². The van der Waals surface area contributed by atoms with Gasteiger partial charge in [0, 0.05) is 12.7 Å². The standard InChI is InChI=1S/C23H27N5O2/c1-3-25-22(24)21-15(2)28(20-12-11-18(14-29)30-20)23(27-21)26-13-17-9-6-8-16-7-4-5-10-19(16)17/h3-10,18,20,29H,1,11-14H2,2H3,(H2,24,25)(H,26,27). The number of aliphatic imine (C=N–C) groups is 1. The quantitative estimate of drug-likeness (QED) is 0.413. The zero-order valence-corrected chi connectivity index (χ0v) is 17.1. The Morgan fingerprint density at radius 3 is 2.90 bits per heavy atom. The number of nitrogens with two attached hydrogens (primary N) is 1. The zero-order chi connectivity index (χ0) is 21.1. The van der Waals surface area contributed by atoms with Gasteiger partial charge < -0.3 is 20.9 Å². The van der Waals surface area contributed by atoms with E-state index in [0.717, 1.165) is 18.5 Å². The van der Waals surface area contributed by atoms with E-state index in [2.05, 4.69) is 47.2 Å². The number of aliphatic hydroxyl groups excluding tert-OH is 1. The molecule has 1 aliphatic heterocycles. The number of benzene rings is 2. The predicted molar refractivity (Wildman–Crippen MR) is 119 cm³/mol. The Morgan fingerprint density at radius 2 is 2.13 bits per heavy atom. The summed E-state index contributed by atoms with van der Waals surface area (Å²) in [6, 6.07) is 14.6. The number of fused-ring (bicyclic) bond motifs is 1. The number of hydrogen-bond donors (Lipinski definition) is 3. The van der Waals surface area contributed by atoms with E-state index in [1.807, 2.05) is 23.6 Å². The molecular formula is C23H27N5O2. The van der Waals surface area contributed by atoms with Crippen LogP contribution in [-0.4, -0.2) is 33.2 Å². The molecule has 156 valence electrons. The third kappa shape index (κ3) is 3.81. The first kappa shape index (κ1) is 20.1. The van der Waals surface area contributed by atoms with Gasteiger partial charge in [-0.2, -0.15) is 0 Å². The predicted octanol–water partition coefficient (Wildman–Crippen LogP) is 3.48. The first-order valence-electron chi connectivity index (χ1n) is 10.1. The Kier molecular flexibility index (Phi) is 5.83. The van der Waals surface area contributed by atoms with E-state index in [9.17, 15) is 5.11 Å². The summed E-state index contributed by atoms with van der Waals surface area (Å²) < 4.78 is 8.04. The maximum absolute atomic E-state index is 9.47. The van der Waals surface area contributed by atoms with Crippen LogP contribution >= 0.6 is 0 Å². The van der Waals surface area contributed by atoms with Crippen LogP contribution in [-0.2, 0) is 11.3 Å². The van der Waals surface area contributed by atoms with Gasteiger partial charge in [0.1, 0.15) is 11.9 Å². The minimum absolute atomic E-state index is 0.00985. The van der Waals surface area contributed by atoms with E-state index in [-0.39, 0.29) is 18.9 Å². The van der Waals surface area contributed by atoms with Crippen molar-refractivity contribution < 1.29 is 9.84 Å². The number of rotatable bonds is 7. The molecule has 1 saturated heterocycles. The van der Waals surface area contributed by atoms with E-state index in [1.165, 1.54) is 22.5 Å². The lowest BCUT2D eigenvalue weighted by atomic mass is 10.0. The van der Waals surface area contributed by atoms with Gasteiger partial charge >= 0.3 is 0 Å². The van der Waals surface area contributed by atoms with Crippen LogP contribution in [0.4, 0.5) is 5.95 Å². The average Bonchev–Trinajstić information content (AvgIpc) is 3.36. The molecule has 7 nitrogen and oxygen atoms in total. The van der Waals surface area contributed by atoms with Crippen LogP contribution in [0.3, 0.4) is 0 Å². The summed E-state index contributed by atoms with van der Waals surface area (Å²) in [7, 11) is 0. The molecule has 0 bridgehead atoms. The molecule has 2 aromatic carbocycles. The van der Waals surface area contributed by atoms with Gasteiger partial charge in [0.25, 0.3) is 0 Å². The highest BCUT2D eigenvalue weighted by atomic mass is 16.5.